The van der Waals surface area contributed by atoms with Crippen molar-refractivity contribution in [3.8, 4) is 0 Å². The van der Waals surface area contributed by atoms with Gasteiger partial charge in [0.2, 0.25) is 11.8 Å². The number of unbranched alkanes of at least 4 members (excludes halogenated alkanes) is 1. The number of carbonyl (C=O) groups is 3. The second kappa shape index (κ2) is 11.4. The average Bonchev–Trinajstić information content (AvgIpc) is 3.02. The van der Waals surface area contributed by atoms with Crippen molar-refractivity contribution in [1.82, 2.24) is 14.5 Å². The minimum absolute atomic E-state index is 0.0145. The number of carbonyl (C=O) groups excluding carboxylic acids is 3. The standard InChI is InChI=1S/C24H27Cl2N3O5S/c1-3-5-12-27-23(31)20(4-2)28(14-16-10-11-18(25)19(26)13-16)22(30)15-29-24(32)17-8-6-7-9-21(17)35(29,33)34/h6-11,13,20H,3-5,12,14-15H2,1-2H3,(H,27,31). The van der Waals surface area contributed by atoms with Gasteiger partial charge in [0.15, 0.2) is 0 Å². The molecule has 0 aromatic heterocycles. The Bertz CT molecular complexity index is 1240. The lowest BCUT2D eigenvalue weighted by Gasteiger charge is -2.31. The number of hydrogen-bond acceptors (Lipinski definition) is 5. The third kappa shape index (κ3) is 5.79. The maximum atomic E-state index is 13.5. The summed E-state index contributed by atoms with van der Waals surface area (Å²) in [5.74, 6) is -1.81. The van der Waals surface area contributed by atoms with Crippen LogP contribution in [0.3, 0.4) is 0 Å². The van der Waals surface area contributed by atoms with Gasteiger partial charge in [0.1, 0.15) is 17.5 Å². The van der Waals surface area contributed by atoms with Crippen LogP contribution in [-0.2, 0) is 26.2 Å². The summed E-state index contributed by atoms with van der Waals surface area (Å²) in [6, 6.07) is 9.76. The van der Waals surface area contributed by atoms with Gasteiger partial charge in [-0.3, -0.25) is 14.4 Å². The van der Waals surface area contributed by atoms with Crippen LogP contribution in [0.1, 0.15) is 49.0 Å². The molecule has 1 N–H and O–H groups in total. The highest BCUT2D eigenvalue weighted by Gasteiger charge is 2.43. The predicted molar refractivity (Wildman–Crippen MR) is 134 cm³/mol. The molecule has 0 saturated heterocycles. The summed E-state index contributed by atoms with van der Waals surface area (Å²) in [5.41, 5.74) is 0.618. The molecule has 2 aromatic carbocycles. The lowest BCUT2D eigenvalue weighted by Crippen LogP contribution is -2.52. The highest BCUT2D eigenvalue weighted by atomic mass is 35.5. The van der Waals surface area contributed by atoms with E-state index in [9.17, 15) is 22.8 Å². The Hall–Kier alpha value is -2.62. The van der Waals surface area contributed by atoms with Crippen molar-refractivity contribution in [2.24, 2.45) is 0 Å². The molecule has 2 aromatic rings. The minimum Gasteiger partial charge on any atom is -0.354 e. The molecule has 0 aliphatic carbocycles. The molecule has 35 heavy (non-hydrogen) atoms. The zero-order valence-corrected chi connectivity index (χ0v) is 21.8. The smallest absolute Gasteiger partial charge is 0.269 e. The van der Waals surface area contributed by atoms with Gasteiger partial charge in [0.25, 0.3) is 15.9 Å². The molecule has 0 spiro atoms. The summed E-state index contributed by atoms with van der Waals surface area (Å²) < 4.78 is 26.5. The molecule has 0 fully saturated rings. The van der Waals surface area contributed by atoms with E-state index < -0.39 is 34.4 Å². The molecule has 0 bridgehead atoms. The van der Waals surface area contributed by atoms with E-state index in [1.165, 1.54) is 23.1 Å². The van der Waals surface area contributed by atoms with E-state index in [0.29, 0.717) is 21.4 Å². The number of amides is 3. The van der Waals surface area contributed by atoms with Gasteiger partial charge in [-0.2, -0.15) is 0 Å². The summed E-state index contributed by atoms with van der Waals surface area (Å²) in [4.78, 5) is 40.4. The van der Waals surface area contributed by atoms with Crippen LogP contribution < -0.4 is 5.32 Å². The van der Waals surface area contributed by atoms with Gasteiger partial charge in [-0.15, -0.1) is 0 Å². The Morgan fingerprint density at radius 2 is 1.80 bits per heavy atom. The summed E-state index contributed by atoms with van der Waals surface area (Å²) in [5, 5.41) is 3.45. The number of nitrogens with one attached hydrogen (secondary N) is 1. The topological polar surface area (TPSA) is 104 Å². The molecule has 1 atom stereocenters. The number of rotatable bonds is 10. The monoisotopic (exact) mass is 539 g/mol. The SMILES string of the molecule is CCCCNC(=O)C(CC)N(Cc1ccc(Cl)c(Cl)c1)C(=O)CN1C(=O)c2ccccc2S1(=O)=O. The molecule has 1 unspecified atom stereocenters. The number of benzene rings is 2. The second-order valence-electron chi connectivity index (χ2n) is 8.15. The van der Waals surface area contributed by atoms with Gasteiger partial charge in [-0.25, -0.2) is 12.7 Å². The average molecular weight is 540 g/mol. The molecule has 1 heterocycles. The van der Waals surface area contributed by atoms with E-state index in [1.807, 2.05) is 6.92 Å². The quantitative estimate of drug-likeness (QED) is 0.461. The summed E-state index contributed by atoms with van der Waals surface area (Å²) >= 11 is 12.1. The van der Waals surface area contributed by atoms with Crippen LogP contribution in [0.5, 0.6) is 0 Å². The zero-order chi connectivity index (χ0) is 25.8. The van der Waals surface area contributed by atoms with Crippen LogP contribution in [0.15, 0.2) is 47.4 Å². The van der Waals surface area contributed by atoms with Crippen LogP contribution in [0.2, 0.25) is 10.0 Å². The molecular formula is C24H27Cl2N3O5S. The van der Waals surface area contributed by atoms with Crippen molar-refractivity contribution in [2.75, 3.05) is 13.1 Å². The molecule has 0 saturated carbocycles. The largest absolute Gasteiger partial charge is 0.354 e. The molecule has 8 nitrogen and oxygen atoms in total. The van der Waals surface area contributed by atoms with Gasteiger partial charge >= 0.3 is 0 Å². The predicted octanol–water partition coefficient (Wildman–Crippen LogP) is 3.86. The number of hydrogen-bond donors (Lipinski definition) is 1. The highest BCUT2D eigenvalue weighted by molar-refractivity contribution is 7.90. The molecule has 0 radical (unpaired) electrons. The first kappa shape index (κ1) is 27.0. The Labute approximate surface area is 215 Å². The normalized spacial score (nSPS) is 15.0. The van der Waals surface area contributed by atoms with Crippen molar-refractivity contribution >= 4 is 50.9 Å². The number of fused-ring (bicyclic) bond motifs is 1. The maximum absolute atomic E-state index is 13.5. The maximum Gasteiger partial charge on any atom is 0.269 e. The van der Waals surface area contributed by atoms with Gasteiger partial charge in [0.05, 0.1) is 15.6 Å². The Kier molecular flexibility index (Phi) is 8.79. The summed E-state index contributed by atoms with van der Waals surface area (Å²) in [6.07, 6.45) is 1.95. The van der Waals surface area contributed by atoms with Gasteiger partial charge in [-0.05, 0) is 42.7 Å². The molecule has 3 rings (SSSR count). The third-order valence-electron chi connectivity index (χ3n) is 5.74. The van der Waals surface area contributed by atoms with E-state index in [-0.39, 0.29) is 34.4 Å². The fraction of sp³-hybridized carbons (Fsp3) is 0.375. The lowest BCUT2D eigenvalue weighted by molar-refractivity contribution is -0.141. The van der Waals surface area contributed by atoms with Crippen LogP contribution in [-0.4, -0.2) is 54.5 Å². The first-order chi connectivity index (χ1) is 16.6. The van der Waals surface area contributed by atoms with Crippen molar-refractivity contribution in [2.45, 2.75) is 50.6 Å². The van der Waals surface area contributed by atoms with Crippen LogP contribution in [0, 0.1) is 0 Å². The number of sulfonamides is 1. The Morgan fingerprint density at radius 3 is 2.43 bits per heavy atom. The molecule has 1 aliphatic rings. The molecule has 3 amide bonds. The molecular weight excluding hydrogens is 513 g/mol. The van der Waals surface area contributed by atoms with Crippen LogP contribution in [0.25, 0.3) is 0 Å². The van der Waals surface area contributed by atoms with Crippen LogP contribution in [0.4, 0.5) is 0 Å². The van der Waals surface area contributed by atoms with E-state index in [4.69, 9.17) is 23.2 Å². The van der Waals surface area contributed by atoms with E-state index in [1.54, 1.807) is 31.2 Å². The summed E-state index contributed by atoms with van der Waals surface area (Å²) in [6.45, 7) is 3.46. The van der Waals surface area contributed by atoms with Crippen molar-refractivity contribution in [3.63, 3.8) is 0 Å². The van der Waals surface area contributed by atoms with Crippen molar-refractivity contribution in [1.29, 1.82) is 0 Å². The van der Waals surface area contributed by atoms with E-state index >= 15 is 0 Å². The summed E-state index contributed by atoms with van der Waals surface area (Å²) in [7, 11) is -4.18. The minimum atomic E-state index is -4.18. The third-order valence-corrected chi connectivity index (χ3v) is 8.27. The van der Waals surface area contributed by atoms with Crippen molar-refractivity contribution in [3.05, 3.63) is 63.6 Å². The number of halogens is 2. The fourth-order valence-electron chi connectivity index (χ4n) is 3.86. The first-order valence-electron chi connectivity index (χ1n) is 11.3. The van der Waals surface area contributed by atoms with Gasteiger partial charge in [0, 0.05) is 13.1 Å². The van der Waals surface area contributed by atoms with Crippen molar-refractivity contribution < 1.29 is 22.8 Å². The second-order valence-corrected chi connectivity index (χ2v) is 10.8. The molecule has 188 valence electrons. The molecule has 11 heteroatoms. The Morgan fingerprint density at radius 1 is 1.09 bits per heavy atom. The zero-order valence-electron chi connectivity index (χ0n) is 19.5. The fourth-order valence-corrected chi connectivity index (χ4v) is 5.70. The Balaban J connectivity index is 1.91. The van der Waals surface area contributed by atoms with Gasteiger partial charge < -0.3 is 10.2 Å². The van der Waals surface area contributed by atoms with E-state index in [2.05, 4.69) is 5.32 Å². The van der Waals surface area contributed by atoms with E-state index in [0.717, 1.165) is 12.8 Å². The molecule has 1 aliphatic heterocycles. The van der Waals surface area contributed by atoms with Crippen LogP contribution >= 0.6 is 23.2 Å². The highest BCUT2D eigenvalue weighted by Crippen LogP contribution is 2.30. The lowest BCUT2D eigenvalue weighted by atomic mass is 10.1. The number of nitrogens with zero attached hydrogens (tertiary/aromatic N) is 2. The van der Waals surface area contributed by atoms with Gasteiger partial charge in [-0.1, -0.05) is 61.7 Å². The first-order valence-corrected chi connectivity index (χ1v) is 13.5.